The van der Waals surface area contributed by atoms with Crippen LogP contribution < -0.4 is 5.32 Å². The van der Waals surface area contributed by atoms with Gasteiger partial charge in [0.15, 0.2) is 5.96 Å². The average molecular weight is 537 g/mol. The monoisotopic (exact) mass is 537 g/mol. The summed E-state index contributed by atoms with van der Waals surface area (Å²) in [5, 5.41) is 11.5. The van der Waals surface area contributed by atoms with Crippen molar-refractivity contribution in [1.29, 1.82) is 0 Å². The summed E-state index contributed by atoms with van der Waals surface area (Å²) in [7, 11) is 0.252. The van der Waals surface area contributed by atoms with Crippen LogP contribution in [0.4, 0.5) is 0 Å². The highest BCUT2D eigenvalue weighted by Gasteiger charge is 2.29. The summed E-state index contributed by atoms with van der Waals surface area (Å²) in [5.74, 6) is 0.618. The third kappa shape index (κ3) is 5.48. The van der Waals surface area contributed by atoms with Crippen LogP contribution >= 0.6 is 24.0 Å². The van der Waals surface area contributed by atoms with E-state index in [1.807, 2.05) is 25.6 Å². The van der Waals surface area contributed by atoms with E-state index in [1.165, 1.54) is 10.6 Å². The summed E-state index contributed by atoms with van der Waals surface area (Å²) in [4.78, 5) is 6.43. The topological polar surface area (TPSA) is 109 Å². The first-order chi connectivity index (χ1) is 13.3. The summed E-state index contributed by atoms with van der Waals surface area (Å²) < 4.78 is 33.2. The lowest BCUT2D eigenvalue weighted by atomic mass is 10.2. The van der Waals surface area contributed by atoms with E-state index in [9.17, 15) is 8.42 Å². The fraction of sp³-hybridized carbons (Fsp3) is 0.588. The highest BCUT2D eigenvalue weighted by atomic mass is 127. The number of guanidine groups is 1. The average Bonchev–Trinajstić information content (AvgIpc) is 3.25. The number of nitrogens with one attached hydrogen (secondary N) is 1. The van der Waals surface area contributed by atoms with Gasteiger partial charge in [0.25, 0.3) is 0 Å². The molecule has 0 aromatic carbocycles. The second-order valence-corrected chi connectivity index (χ2v) is 8.78. The molecule has 3 rings (SSSR count). The van der Waals surface area contributed by atoms with Crippen molar-refractivity contribution < 1.29 is 12.9 Å². The van der Waals surface area contributed by atoms with E-state index >= 15 is 0 Å². The Balaban J connectivity index is 0.00000300. The van der Waals surface area contributed by atoms with Gasteiger partial charge in [-0.05, 0) is 13.8 Å². The van der Waals surface area contributed by atoms with Crippen LogP contribution in [0.5, 0.6) is 0 Å². The molecule has 0 radical (unpaired) electrons. The molecule has 162 valence electrons. The largest absolute Gasteiger partial charge is 0.364 e. The van der Waals surface area contributed by atoms with Gasteiger partial charge >= 0.3 is 0 Å². The second-order valence-electron chi connectivity index (χ2n) is 6.81. The van der Waals surface area contributed by atoms with E-state index in [1.54, 1.807) is 13.1 Å². The molecule has 0 spiro atoms. The van der Waals surface area contributed by atoms with Crippen molar-refractivity contribution in [2.24, 2.45) is 12.0 Å². The molecule has 12 heteroatoms. The van der Waals surface area contributed by atoms with Gasteiger partial charge in [0.1, 0.15) is 12.0 Å². The van der Waals surface area contributed by atoms with Crippen molar-refractivity contribution in [1.82, 2.24) is 29.5 Å². The molecule has 0 amide bonds. The molecule has 2 aromatic rings. The number of rotatable bonds is 5. The molecular weight excluding hydrogens is 509 g/mol. The Morgan fingerprint density at radius 1 is 1.28 bits per heavy atom. The number of nitrogens with zero attached hydrogens (tertiary/aromatic N) is 6. The lowest BCUT2D eigenvalue weighted by Crippen LogP contribution is -2.53. The van der Waals surface area contributed by atoms with Gasteiger partial charge in [0, 0.05) is 64.1 Å². The zero-order valence-electron chi connectivity index (χ0n) is 17.1. The molecule has 1 fully saturated rings. The molecule has 0 atom stereocenters. The molecule has 1 aliphatic heterocycles. The van der Waals surface area contributed by atoms with Crippen LogP contribution in [0.1, 0.15) is 22.6 Å². The molecule has 0 aliphatic carbocycles. The number of sulfonamides is 1. The Morgan fingerprint density at radius 2 is 1.97 bits per heavy atom. The molecule has 0 bridgehead atoms. The summed E-state index contributed by atoms with van der Waals surface area (Å²) in [5.41, 5.74) is 3.68. The summed E-state index contributed by atoms with van der Waals surface area (Å²) in [6.07, 6.45) is 1.38. The van der Waals surface area contributed by atoms with E-state index in [0.29, 0.717) is 38.4 Å². The molecule has 1 saturated heterocycles. The molecular formula is C17H28IN7O3S. The maximum absolute atomic E-state index is 12.6. The van der Waals surface area contributed by atoms with Crippen LogP contribution in [0.15, 0.2) is 21.8 Å². The fourth-order valence-corrected chi connectivity index (χ4v) is 4.77. The Bertz CT molecular complexity index is 933. The zero-order chi connectivity index (χ0) is 20.3. The SMILES string of the molecule is CN=C(NCc1c(C)nn(C)c1C)N1CCN(S(=O)(=O)Cc2ccon2)CC1.I. The van der Waals surface area contributed by atoms with Gasteiger partial charge in [0.2, 0.25) is 10.0 Å². The Morgan fingerprint density at radius 3 is 2.48 bits per heavy atom. The lowest BCUT2D eigenvalue weighted by molar-refractivity contribution is 0.259. The first-order valence-corrected chi connectivity index (χ1v) is 10.7. The number of aliphatic imine (C=N–C) groups is 1. The minimum absolute atomic E-state index is 0. The molecule has 1 aliphatic rings. The molecule has 29 heavy (non-hydrogen) atoms. The first kappa shape index (κ1) is 23.6. The fourth-order valence-electron chi connectivity index (χ4n) is 3.34. The minimum atomic E-state index is -3.41. The van der Waals surface area contributed by atoms with Crippen molar-refractivity contribution in [2.75, 3.05) is 33.2 Å². The molecule has 10 nitrogen and oxygen atoms in total. The van der Waals surface area contributed by atoms with Gasteiger partial charge in [-0.25, -0.2) is 8.42 Å². The molecule has 0 saturated carbocycles. The number of piperazine rings is 1. The summed E-state index contributed by atoms with van der Waals surface area (Å²) in [6, 6.07) is 1.57. The third-order valence-corrected chi connectivity index (χ3v) is 6.86. The van der Waals surface area contributed by atoms with Crippen molar-refractivity contribution in [3.8, 4) is 0 Å². The maximum Gasteiger partial charge on any atom is 0.220 e. The first-order valence-electron chi connectivity index (χ1n) is 9.13. The van der Waals surface area contributed by atoms with Gasteiger partial charge in [-0.2, -0.15) is 9.40 Å². The standard InChI is InChI=1S/C17H27N7O3S.HI/c1-13-16(14(2)22(4)20-13)11-19-17(18-3)23-6-8-24(9-7-23)28(25,26)12-15-5-10-27-21-15;/h5,10H,6-9,11-12H2,1-4H3,(H,18,19);1H. The van der Waals surface area contributed by atoms with Crippen molar-refractivity contribution in [3.05, 3.63) is 35.0 Å². The van der Waals surface area contributed by atoms with Crippen LogP contribution in [0.2, 0.25) is 0 Å². The van der Waals surface area contributed by atoms with Gasteiger partial charge in [-0.3, -0.25) is 9.67 Å². The Kier molecular flexibility index (Phi) is 8.05. The number of hydrogen-bond donors (Lipinski definition) is 1. The van der Waals surface area contributed by atoms with E-state index in [-0.39, 0.29) is 29.7 Å². The Hall–Kier alpha value is -1.67. The van der Waals surface area contributed by atoms with E-state index in [2.05, 4.69) is 25.5 Å². The summed E-state index contributed by atoms with van der Waals surface area (Å²) in [6.45, 7) is 6.62. The minimum Gasteiger partial charge on any atom is -0.364 e. The number of hydrogen-bond acceptors (Lipinski definition) is 6. The third-order valence-electron chi connectivity index (χ3n) is 5.05. The van der Waals surface area contributed by atoms with Crippen LogP contribution in [0.25, 0.3) is 0 Å². The van der Waals surface area contributed by atoms with Crippen LogP contribution in [0.3, 0.4) is 0 Å². The van der Waals surface area contributed by atoms with Crippen molar-refractivity contribution in [2.45, 2.75) is 26.1 Å². The number of halogens is 1. The number of aryl methyl sites for hydroxylation is 2. The molecule has 1 N–H and O–H groups in total. The molecule has 0 unspecified atom stereocenters. The van der Waals surface area contributed by atoms with Crippen LogP contribution in [-0.2, 0) is 29.4 Å². The highest BCUT2D eigenvalue weighted by Crippen LogP contribution is 2.14. The van der Waals surface area contributed by atoms with E-state index in [0.717, 1.165) is 22.9 Å². The van der Waals surface area contributed by atoms with Crippen LogP contribution in [-0.4, -0.2) is 71.7 Å². The second kappa shape index (κ2) is 9.89. The van der Waals surface area contributed by atoms with Gasteiger partial charge in [-0.15, -0.1) is 24.0 Å². The van der Waals surface area contributed by atoms with Gasteiger partial charge < -0.3 is 14.7 Å². The van der Waals surface area contributed by atoms with Crippen molar-refractivity contribution in [3.63, 3.8) is 0 Å². The number of aromatic nitrogens is 3. The quantitative estimate of drug-likeness (QED) is 0.343. The Labute approximate surface area is 188 Å². The predicted molar refractivity (Wildman–Crippen MR) is 121 cm³/mol. The molecule has 2 aromatic heterocycles. The maximum atomic E-state index is 12.6. The van der Waals surface area contributed by atoms with Gasteiger partial charge in [-0.1, -0.05) is 5.16 Å². The van der Waals surface area contributed by atoms with Crippen molar-refractivity contribution >= 4 is 40.0 Å². The zero-order valence-corrected chi connectivity index (χ0v) is 20.3. The molecule has 3 heterocycles. The van der Waals surface area contributed by atoms with Crippen LogP contribution in [0, 0.1) is 13.8 Å². The summed E-state index contributed by atoms with van der Waals surface area (Å²) >= 11 is 0. The van der Waals surface area contributed by atoms with E-state index in [4.69, 9.17) is 4.52 Å². The lowest BCUT2D eigenvalue weighted by Gasteiger charge is -2.35. The predicted octanol–water partition coefficient (Wildman–Crippen LogP) is 0.866. The van der Waals surface area contributed by atoms with E-state index < -0.39 is 10.0 Å². The highest BCUT2D eigenvalue weighted by molar-refractivity contribution is 14.0. The smallest absolute Gasteiger partial charge is 0.220 e. The normalized spacial score (nSPS) is 16.0. The van der Waals surface area contributed by atoms with Gasteiger partial charge in [0.05, 0.1) is 11.4 Å².